The van der Waals surface area contributed by atoms with Crippen molar-refractivity contribution in [2.24, 2.45) is 28.3 Å². The molecule has 3 amide bonds. The van der Waals surface area contributed by atoms with Crippen molar-refractivity contribution in [3.05, 3.63) is 35.9 Å². The van der Waals surface area contributed by atoms with Crippen molar-refractivity contribution in [3.8, 4) is 0 Å². The average molecular weight is 673 g/mol. The van der Waals surface area contributed by atoms with Crippen LogP contribution in [0.3, 0.4) is 0 Å². The molecule has 0 unspecified atom stereocenters. The Bertz CT molecular complexity index is 1300. The molecular formula is C29H45ClN6O8S. The van der Waals surface area contributed by atoms with Crippen LogP contribution in [0.25, 0.3) is 0 Å². The van der Waals surface area contributed by atoms with Crippen LogP contribution < -0.4 is 22.1 Å². The number of aliphatic hydroxyl groups is 1. The van der Waals surface area contributed by atoms with E-state index in [0.29, 0.717) is 50.8 Å². The van der Waals surface area contributed by atoms with E-state index in [2.05, 4.69) is 15.6 Å². The molecule has 1 heterocycles. The zero-order chi connectivity index (χ0) is 33.3. The van der Waals surface area contributed by atoms with Gasteiger partial charge in [0, 0.05) is 30.9 Å². The lowest BCUT2D eigenvalue weighted by Crippen LogP contribution is -2.61. The fourth-order valence-corrected chi connectivity index (χ4v) is 6.72. The predicted molar refractivity (Wildman–Crippen MR) is 168 cm³/mol. The highest BCUT2D eigenvalue weighted by molar-refractivity contribution is 7.80. The van der Waals surface area contributed by atoms with Gasteiger partial charge in [-0.3, -0.25) is 23.9 Å². The van der Waals surface area contributed by atoms with Crippen LogP contribution in [0.15, 0.2) is 35.3 Å². The number of aliphatic hydroxyl groups excluding tert-OH is 1. The summed E-state index contributed by atoms with van der Waals surface area (Å²) < 4.78 is 37.4. The molecule has 1 aliphatic heterocycles. The second-order valence-corrected chi connectivity index (χ2v) is 13.6. The maximum atomic E-state index is 14.3. The fourth-order valence-electron chi connectivity index (χ4n) is 5.96. The number of fused-ring (bicyclic) bond motifs is 1. The lowest BCUT2D eigenvalue weighted by atomic mass is 9.84. The van der Waals surface area contributed by atoms with Crippen LogP contribution in [0, 0.1) is 11.8 Å². The van der Waals surface area contributed by atoms with Crippen LogP contribution >= 0.6 is 11.6 Å². The number of likely N-dealkylation sites (tertiary alicyclic amines) is 1. The van der Waals surface area contributed by atoms with Crippen molar-refractivity contribution in [3.63, 3.8) is 0 Å². The first-order valence-electron chi connectivity index (χ1n) is 15.1. The van der Waals surface area contributed by atoms with Crippen molar-refractivity contribution in [1.29, 1.82) is 0 Å². The molecule has 0 bridgehead atoms. The Balaban J connectivity index is 1.86. The summed E-state index contributed by atoms with van der Waals surface area (Å²) in [7, 11) is -5.06. The molecule has 1 aromatic rings. The molecule has 2 aliphatic rings. The van der Waals surface area contributed by atoms with Gasteiger partial charge in [0.1, 0.15) is 12.1 Å². The summed E-state index contributed by atoms with van der Waals surface area (Å²) >= 11 is 6.51. The van der Waals surface area contributed by atoms with Crippen LogP contribution in [0.2, 0.25) is 0 Å². The number of hydrogen-bond acceptors (Lipinski definition) is 8. The van der Waals surface area contributed by atoms with E-state index in [1.165, 1.54) is 4.90 Å². The number of alkyl halides is 1. The zero-order valence-corrected chi connectivity index (χ0v) is 27.1. The quantitative estimate of drug-likeness (QED) is 0.0496. The number of hydrogen-bond donors (Lipinski definition) is 6. The second-order valence-electron chi connectivity index (χ2n) is 12.0. The molecule has 0 aromatic heterocycles. The molecular weight excluding hydrogens is 628 g/mol. The number of nitrogens with zero attached hydrogens (tertiary/aromatic N) is 2. The largest absolute Gasteiger partial charge is 0.398 e. The summed E-state index contributed by atoms with van der Waals surface area (Å²) in [6.45, 7) is 4.05. The van der Waals surface area contributed by atoms with E-state index in [1.54, 1.807) is 44.2 Å². The molecule has 252 valence electrons. The Morgan fingerprint density at radius 1 is 1.13 bits per heavy atom. The number of guanidine groups is 1. The number of rotatable bonds is 15. The van der Waals surface area contributed by atoms with Gasteiger partial charge < -0.3 is 32.1 Å². The Morgan fingerprint density at radius 2 is 1.82 bits per heavy atom. The standard InChI is InChI=1S/C29H45ClN6O8S/c1-17(2)25(37)24(35-27(39)23(44-45(41,42)43)14-18-8-4-3-5-9-18)28(40)36-21-16-20(30)11-10-19(21)15-22(36)26(38)33-12-6-7-13-34-29(31)32/h3-5,8-9,17,19-25,37H,6-7,10-16H2,1-2H3,(H,33,38)(H,35,39)(H4,31,32,34)(H,41,42,43)/t19-,20+,21-,22-,23-,24+,25+/m0/s1. The van der Waals surface area contributed by atoms with Crippen molar-refractivity contribution in [2.45, 2.75) is 94.5 Å². The maximum absolute atomic E-state index is 14.3. The first-order valence-corrected chi connectivity index (χ1v) is 17.0. The van der Waals surface area contributed by atoms with E-state index < -0.39 is 58.5 Å². The fraction of sp³-hybridized carbons (Fsp3) is 0.655. The van der Waals surface area contributed by atoms with Crippen molar-refractivity contribution >= 4 is 45.7 Å². The Hall–Kier alpha value is -2.98. The van der Waals surface area contributed by atoms with Gasteiger partial charge in [0.05, 0.1) is 6.10 Å². The molecule has 0 spiro atoms. The normalized spacial score (nSPS) is 23.5. The van der Waals surface area contributed by atoms with Crippen LogP contribution in [-0.2, 0) is 35.4 Å². The summed E-state index contributed by atoms with van der Waals surface area (Å²) in [5.74, 6) is -2.64. The average Bonchev–Trinajstić information content (AvgIpc) is 3.34. The van der Waals surface area contributed by atoms with Crippen LogP contribution in [0.5, 0.6) is 0 Å². The van der Waals surface area contributed by atoms with Crippen molar-refractivity contribution < 1.29 is 36.6 Å². The summed E-state index contributed by atoms with van der Waals surface area (Å²) in [5.41, 5.74) is 11.2. The minimum Gasteiger partial charge on any atom is -0.390 e. The highest BCUT2D eigenvalue weighted by Crippen LogP contribution is 2.42. The number of aliphatic imine (C=N–C) groups is 1. The number of unbranched alkanes of at least 4 members (excludes halogenated alkanes) is 1. The molecule has 1 saturated heterocycles. The van der Waals surface area contributed by atoms with E-state index >= 15 is 0 Å². The summed E-state index contributed by atoms with van der Waals surface area (Å²) in [4.78, 5) is 46.6. The lowest BCUT2D eigenvalue weighted by Gasteiger charge is -2.39. The van der Waals surface area contributed by atoms with Gasteiger partial charge in [0.25, 0.3) is 5.91 Å². The molecule has 0 radical (unpaired) electrons. The maximum Gasteiger partial charge on any atom is 0.398 e. The molecule has 8 N–H and O–H groups in total. The highest BCUT2D eigenvalue weighted by Gasteiger charge is 2.51. The third kappa shape index (κ3) is 10.8. The van der Waals surface area contributed by atoms with Crippen LogP contribution in [-0.4, -0.2) is 95.5 Å². The van der Waals surface area contributed by atoms with Gasteiger partial charge in [-0.05, 0) is 55.9 Å². The number of nitrogens with two attached hydrogens (primary N) is 2. The Morgan fingerprint density at radius 3 is 2.44 bits per heavy atom. The lowest BCUT2D eigenvalue weighted by molar-refractivity contribution is -0.148. The SMILES string of the molecule is CC(C)[C@@H](O)[C@@H](NC(=O)[C@H](Cc1ccccc1)OS(=O)(=O)O)C(=O)N1[C@H](C(=O)NCCCCN=C(N)N)C[C@@H]2CC[C@@H](Cl)C[C@@H]21. The minimum atomic E-state index is -5.06. The van der Waals surface area contributed by atoms with Gasteiger partial charge in [-0.1, -0.05) is 44.2 Å². The first-order chi connectivity index (χ1) is 21.2. The first kappa shape index (κ1) is 36.5. The topological polar surface area (TPSA) is 227 Å². The summed E-state index contributed by atoms with van der Waals surface area (Å²) in [5, 5.41) is 16.3. The second kappa shape index (κ2) is 16.5. The molecule has 1 aromatic carbocycles. The molecule has 14 nitrogen and oxygen atoms in total. The Kier molecular flexibility index (Phi) is 13.4. The van der Waals surface area contributed by atoms with Crippen molar-refractivity contribution in [1.82, 2.24) is 15.5 Å². The monoisotopic (exact) mass is 672 g/mol. The summed E-state index contributed by atoms with van der Waals surface area (Å²) in [6, 6.07) is 5.54. The van der Waals surface area contributed by atoms with E-state index in [9.17, 15) is 32.5 Å². The number of benzene rings is 1. The van der Waals surface area contributed by atoms with Crippen LogP contribution in [0.1, 0.15) is 57.9 Å². The number of halogens is 1. The number of carbonyl (C=O) groups is 3. The molecule has 3 rings (SSSR count). The van der Waals surface area contributed by atoms with Crippen molar-refractivity contribution in [2.75, 3.05) is 13.1 Å². The predicted octanol–water partition coefficient (Wildman–Crippen LogP) is 0.466. The van der Waals surface area contributed by atoms with E-state index in [-0.39, 0.29) is 29.6 Å². The molecule has 1 aliphatic carbocycles. The van der Waals surface area contributed by atoms with Gasteiger partial charge in [0.2, 0.25) is 11.8 Å². The van der Waals surface area contributed by atoms with Gasteiger partial charge in [-0.15, -0.1) is 11.6 Å². The third-order valence-electron chi connectivity index (χ3n) is 8.23. The number of amides is 3. The van der Waals surface area contributed by atoms with Crippen LogP contribution in [0.4, 0.5) is 0 Å². The Labute approximate surface area is 269 Å². The van der Waals surface area contributed by atoms with Gasteiger partial charge in [-0.25, -0.2) is 4.18 Å². The molecule has 16 heteroatoms. The van der Waals surface area contributed by atoms with E-state index in [4.69, 9.17) is 27.3 Å². The zero-order valence-electron chi connectivity index (χ0n) is 25.5. The third-order valence-corrected chi connectivity index (χ3v) is 9.10. The summed E-state index contributed by atoms with van der Waals surface area (Å²) in [6.07, 6.45) is 0.0875. The van der Waals surface area contributed by atoms with Gasteiger partial charge in [0.15, 0.2) is 12.1 Å². The number of carbonyl (C=O) groups excluding carboxylic acids is 3. The molecule has 1 saturated carbocycles. The van der Waals surface area contributed by atoms with E-state index in [0.717, 1.165) is 6.42 Å². The molecule has 7 atom stereocenters. The van der Waals surface area contributed by atoms with Gasteiger partial charge >= 0.3 is 10.4 Å². The number of nitrogens with one attached hydrogen (secondary N) is 2. The van der Waals surface area contributed by atoms with Gasteiger partial charge in [-0.2, -0.15) is 8.42 Å². The highest BCUT2D eigenvalue weighted by atomic mass is 35.5. The van der Waals surface area contributed by atoms with E-state index in [1.807, 2.05) is 0 Å². The smallest absolute Gasteiger partial charge is 0.390 e. The minimum absolute atomic E-state index is 0.0113. The molecule has 45 heavy (non-hydrogen) atoms. The molecule has 2 fully saturated rings.